The lowest BCUT2D eigenvalue weighted by atomic mass is 10.0. The van der Waals surface area contributed by atoms with Gasteiger partial charge in [-0.3, -0.25) is 14.8 Å². The number of likely N-dealkylation sites (tertiary alicyclic amines) is 1. The number of benzene rings is 2. The molecule has 0 spiro atoms. The highest BCUT2D eigenvalue weighted by Crippen LogP contribution is 2.25. The molecule has 5 nitrogen and oxygen atoms in total. The molecular formula is C22H23FN4O. The van der Waals surface area contributed by atoms with Gasteiger partial charge in [0.05, 0.1) is 23.5 Å². The fraction of sp³-hybridized carbons (Fsp3) is 0.273. The second-order valence-corrected chi connectivity index (χ2v) is 7.05. The van der Waals surface area contributed by atoms with Crippen LogP contribution in [-0.4, -0.2) is 40.6 Å². The minimum Gasteiger partial charge on any atom is -0.350 e. The number of amides is 1. The number of carbonyl (C=O) groups excluding carboxylic acids is 1. The Morgan fingerprint density at radius 2 is 1.82 bits per heavy atom. The molecule has 0 radical (unpaired) electrons. The zero-order valence-corrected chi connectivity index (χ0v) is 15.6. The lowest BCUT2D eigenvalue weighted by Crippen LogP contribution is -2.36. The predicted molar refractivity (Wildman–Crippen MR) is 106 cm³/mol. The summed E-state index contributed by atoms with van der Waals surface area (Å²) in [4.78, 5) is 15.3. The summed E-state index contributed by atoms with van der Waals surface area (Å²) in [5, 5.41) is 9.94. The molecule has 6 heteroatoms. The van der Waals surface area contributed by atoms with Crippen LogP contribution < -0.4 is 5.32 Å². The Morgan fingerprint density at radius 3 is 2.54 bits per heavy atom. The van der Waals surface area contributed by atoms with Crippen molar-refractivity contribution in [3.05, 3.63) is 77.7 Å². The summed E-state index contributed by atoms with van der Waals surface area (Å²) in [5.41, 5.74) is 2.98. The van der Waals surface area contributed by atoms with Gasteiger partial charge in [0.1, 0.15) is 5.82 Å². The summed E-state index contributed by atoms with van der Waals surface area (Å²) in [6, 6.07) is 16.4. The summed E-state index contributed by atoms with van der Waals surface area (Å²) in [6.45, 7) is 2.61. The maximum absolute atomic E-state index is 13.2. The van der Waals surface area contributed by atoms with Crippen molar-refractivity contribution in [1.29, 1.82) is 0 Å². The average Bonchev–Trinajstić information content (AvgIpc) is 3.42. The van der Waals surface area contributed by atoms with Gasteiger partial charge in [0.15, 0.2) is 0 Å². The van der Waals surface area contributed by atoms with Crippen LogP contribution in [0.2, 0.25) is 0 Å². The molecule has 1 fully saturated rings. The van der Waals surface area contributed by atoms with Crippen LogP contribution >= 0.6 is 0 Å². The van der Waals surface area contributed by atoms with E-state index >= 15 is 0 Å². The highest BCUT2D eigenvalue weighted by atomic mass is 19.1. The third kappa shape index (κ3) is 3.97. The van der Waals surface area contributed by atoms with Crippen molar-refractivity contribution >= 4 is 5.91 Å². The van der Waals surface area contributed by atoms with Gasteiger partial charge >= 0.3 is 0 Å². The molecule has 0 aliphatic carbocycles. The summed E-state index contributed by atoms with van der Waals surface area (Å²) < 4.78 is 13.2. The van der Waals surface area contributed by atoms with Gasteiger partial charge in [0.2, 0.25) is 0 Å². The standard InChI is InChI=1S/C22H23FN4O/c23-18-10-8-17(9-11-18)21-19(14-25-26-21)22(28)24-15-20(27-12-4-5-13-27)16-6-2-1-3-7-16/h1-3,6-11,14,20H,4-5,12-13,15H2,(H,24,28)(H,25,26). The van der Waals surface area contributed by atoms with E-state index in [0.29, 0.717) is 17.8 Å². The van der Waals surface area contributed by atoms with Crippen LogP contribution in [0.25, 0.3) is 11.3 Å². The van der Waals surface area contributed by atoms with Crippen LogP contribution in [0.3, 0.4) is 0 Å². The van der Waals surface area contributed by atoms with Crippen LogP contribution in [0.4, 0.5) is 4.39 Å². The lowest BCUT2D eigenvalue weighted by Gasteiger charge is -2.28. The Labute approximate surface area is 163 Å². The molecule has 1 aliphatic heterocycles. The topological polar surface area (TPSA) is 61.0 Å². The molecule has 144 valence electrons. The van der Waals surface area contributed by atoms with Crippen molar-refractivity contribution in [2.45, 2.75) is 18.9 Å². The number of hydrogen-bond acceptors (Lipinski definition) is 3. The Hall–Kier alpha value is -2.99. The molecule has 1 unspecified atom stereocenters. The quantitative estimate of drug-likeness (QED) is 0.686. The summed E-state index contributed by atoms with van der Waals surface area (Å²) in [6.07, 6.45) is 3.89. The first-order valence-electron chi connectivity index (χ1n) is 9.59. The van der Waals surface area contributed by atoms with Gasteiger partial charge in [0, 0.05) is 12.1 Å². The molecule has 1 atom stereocenters. The van der Waals surface area contributed by atoms with E-state index in [0.717, 1.165) is 18.7 Å². The largest absolute Gasteiger partial charge is 0.350 e. The summed E-state index contributed by atoms with van der Waals surface area (Å²) in [5.74, 6) is -0.501. The van der Waals surface area contributed by atoms with Crippen molar-refractivity contribution in [1.82, 2.24) is 20.4 Å². The van der Waals surface area contributed by atoms with E-state index in [-0.39, 0.29) is 17.8 Å². The Kier molecular flexibility index (Phi) is 5.48. The van der Waals surface area contributed by atoms with E-state index in [9.17, 15) is 9.18 Å². The van der Waals surface area contributed by atoms with Gasteiger partial charge in [-0.15, -0.1) is 0 Å². The van der Waals surface area contributed by atoms with Crippen LogP contribution in [0.1, 0.15) is 34.8 Å². The number of hydrogen-bond donors (Lipinski definition) is 2. The van der Waals surface area contributed by atoms with Gasteiger partial charge in [-0.2, -0.15) is 5.10 Å². The normalized spacial score (nSPS) is 15.5. The van der Waals surface area contributed by atoms with Crippen LogP contribution in [0.5, 0.6) is 0 Å². The van der Waals surface area contributed by atoms with Crippen molar-refractivity contribution < 1.29 is 9.18 Å². The van der Waals surface area contributed by atoms with Crippen molar-refractivity contribution in [3.8, 4) is 11.3 Å². The van der Waals surface area contributed by atoms with Gasteiger partial charge in [-0.05, 0) is 55.8 Å². The average molecular weight is 378 g/mol. The van der Waals surface area contributed by atoms with Crippen LogP contribution in [0.15, 0.2) is 60.8 Å². The van der Waals surface area contributed by atoms with E-state index in [1.54, 1.807) is 12.1 Å². The number of aromatic amines is 1. The van der Waals surface area contributed by atoms with E-state index in [1.165, 1.54) is 36.7 Å². The number of halogens is 1. The minimum absolute atomic E-state index is 0.147. The third-order valence-electron chi connectivity index (χ3n) is 5.24. The van der Waals surface area contributed by atoms with Gasteiger partial charge in [-0.1, -0.05) is 30.3 Å². The van der Waals surface area contributed by atoms with Crippen molar-refractivity contribution in [2.75, 3.05) is 19.6 Å². The van der Waals surface area contributed by atoms with Crippen LogP contribution in [0, 0.1) is 5.82 Å². The highest BCUT2D eigenvalue weighted by Gasteiger charge is 2.24. The number of nitrogens with one attached hydrogen (secondary N) is 2. The first-order valence-corrected chi connectivity index (χ1v) is 9.59. The Balaban J connectivity index is 1.50. The molecule has 3 aromatic rings. The van der Waals surface area contributed by atoms with Crippen molar-refractivity contribution in [2.24, 2.45) is 0 Å². The predicted octanol–water partition coefficient (Wildman–Crippen LogP) is 3.78. The Morgan fingerprint density at radius 1 is 1.11 bits per heavy atom. The molecule has 4 rings (SSSR count). The SMILES string of the molecule is O=C(NCC(c1ccccc1)N1CCCC1)c1cn[nH]c1-c1ccc(F)cc1. The molecule has 0 bridgehead atoms. The summed E-state index contributed by atoms with van der Waals surface area (Å²) in [7, 11) is 0. The van der Waals surface area contributed by atoms with Crippen molar-refractivity contribution in [3.63, 3.8) is 0 Å². The van der Waals surface area contributed by atoms with Gasteiger partial charge in [-0.25, -0.2) is 4.39 Å². The number of carbonyl (C=O) groups is 1. The lowest BCUT2D eigenvalue weighted by molar-refractivity contribution is 0.0938. The highest BCUT2D eigenvalue weighted by molar-refractivity contribution is 5.99. The number of aromatic nitrogens is 2. The second kappa shape index (κ2) is 8.35. The molecule has 2 heterocycles. The maximum Gasteiger partial charge on any atom is 0.255 e. The first kappa shape index (κ1) is 18.4. The van der Waals surface area contributed by atoms with Gasteiger partial charge < -0.3 is 5.32 Å². The fourth-order valence-corrected chi connectivity index (χ4v) is 3.77. The molecular weight excluding hydrogens is 355 g/mol. The molecule has 1 aliphatic rings. The minimum atomic E-state index is -0.314. The van der Waals surface area contributed by atoms with E-state index < -0.39 is 0 Å². The number of nitrogens with zero attached hydrogens (tertiary/aromatic N) is 2. The molecule has 2 aromatic carbocycles. The monoisotopic (exact) mass is 378 g/mol. The van der Waals surface area contributed by atoms with E-state index in [2.05, 4.69) is 32.5 Å². The second-order valence-electron chi connectivity index (χ2n) is 7.05. The van der Waals surface area contributed by atoms with Gasteiger partial charge in [0.25, 0.3) is 5.91 Å². The third-order valence-corrected chi connectivity index (χ3v) is 5.24. The molecule has 0 saturated carbocycles. The number of rotatable bonds is 6. The molecule has 1 saturated heterocycles. The Bertz CT molecular complexity index is 917. The van der Waals surface area contributed by atoms with E-state index in [4.69, 9.17) is 0 Å². The maximum atomic E-state index is 13.2. The zero-order valence-electron chi connectivity index (χ0n) is 15.6. The summed E-state index contributed by atoms with van der Waals surface area (Å²) >= 11 is 0. The smallest absolute Gasteiger partial charge is 0.255 e. The fourth-order valence-electron chi connectivity index (χ4n) is 3.77. The van der Waals surface area contributed by atoms with E-state index in [1.807, 2.05) is 18.2 Å². The first-order chi connectivity index (χ1) is 13.7. The molecule has 1 aromatic heterocycles. The molecule has 1 amide bonds. The van der Waals surface area contributed by atoms with Crippen LogP contribution in [-0.2, 0) is 0 Å². The number of H-pyrrole nitrogens is 1. The molecule has 28 heavy (non-hydrogen) atoms. The molecule has 2 N–H and O–H groups in total. The zero-order chi connectivity index (χ0) is 19.3.